The summed E-state index contributed by atoms with van der Waals surface area (Å²) in [5.74, 6) is -0.283. The van der Waals surface area contributed by atoms with E-state index >= 15 is 0 Å². The third-order valence-corrected chi connectivity index (χ3v) is 4.44. The van der Waals surface area contributed by atoms with Gasteiger partial charge in [-0.3, -0.25) is 4.90 Å². The van der Waals surface area contributed by atoms with Crippen molar-refractivity contribution < 1.29 is 9.53 Å². The molecule has 1 aliphatic heterocycles. The summed E-state index contributed by atoms with van der Waals surface area (Å²) in [6, 6.07) is 0. The van der Waals surface area contributed by atoms with Crippen molar-refractivity contribution in [2.45, 2.75) is 19.8 Å². The van der Waals surface area contributed by atoms with E-state index in [2.05, 4.69) is 11.5 Å². The van der Waals surface area contributed by atoms with E-state index in [1.54, 1.807) is 0 Å². The Morgan fingerprint density at radius 3 is 2.95 bits per heavy atom. The first-order chi connectivity index (χ1) is 9.17. The lowest BCUT2D eigenvalue weighted by Gasteiger charge is -2.17. The normalized spacial score (nSPS) is 15.6. The molecule has 2 rings (SSSR count). The molecule has 19 heavy (non-hydrogen) atoms. The molecule has 0 saturated heterocycles. The van der Waals surface area contributed by atoms with Gasteiger partial charge in [-0.2, -0.15) is 0 Å². The maximum Gasteiger partial charge on any atom is 0.341 e. The lowest BCUT2D eigenvalue weighted by Crippen LogP contribution is -2.26. The van der Waals surface area contributed by atoms with Crippen molar-refractivity contribution in [3.8, 4) is 0 Å². The van der Waals surface area contributed by atoms with Crippen LogP contribution in [0.1, 0.15) is 27.7 Å². The molecule has 0 bridgehead atoms. The SMILES string of the molecule is C=CCN1CCc2sc(N)c(C(=O)OCC)c2CC1. The molecule has 4 nitrogen and oxygen atoms in total. The van der Waals surface area contributed by atoms with Crippen LogP contribution in [0.15, 0.2) is 12.7 Å². The highest BCUT2D eigenvalue weighted by Crippen LogP contribution is 2.34. The summed E-state index contributed by atoms with van der Waals surface area (Å²) < 4.78 is 5.11. The van der Waals surface area contributed by atoms with Crippen LogP contribution in [0.5, 0.6) is 0 Å². The monoisotopic (exact) mass is 280 g/mol. The standard InChI is InChI=1S/C14H20N2O2S/c1-3-7-16-8-5-10-11(6-9-16)19-13(15)12(10)14(17)18-4-2/h3H,1,4-9,15H2,2H3. The van der Waals surface area contributed by atoms with Gasteiger partial charge in [0.1, 0.15) is 5.00 Å². The van der Waals surface area contributed by atoms with Gasteiger partial charge in [-0.05, 0) is 25.3 Å². The Morgan fingerprint density at radius 1 is 1.53 bits per heavy atom. The molecule has 104 valence electrons. The summed E-state index contributed by atoms with van der Waals surface area (Å²) in [6.07, 6.45) is 3.71. The van der Waals surface area contributed by atoms with Crippen molar-refractivity contribution in [3.63, 3.8) is 0 Å². The molecular formula is C14H20N2O2S. The first-order valence-corrected chi connectivity index (χ1v) is 7.39. The van der Waals surface area contributed by atoms with Crippen molar-refractivity contribution in [1.29, 1.82) is 0 Å². The fourth-order valence-corrected chi connectivity index (χ4v) is 3.53. The summed E-state index contributed by atoms with van der Waals surface area (Å²) in [4.78, 5) is 15.6. The fraction of sp³-hybridized carbons (Fsp3) is 0.500. The minimum atomic E-state index is -0.283. The van der Waals surface area contributed by atoms with Gasteiger partial charge in [0, 0.05) is 24.5 Å². The number of rotatable bonds is 4. The number of hydrogen-bond acceptors (Lipinski definition) is 5. The zero-order valence-electron chi connectivity index (χ0n) is 11.3. The van der Waals surface area contributed by atoms with Gasteiger partial charge in [-0.1, -0.05) is 6.08 Å². The van der Waals surface area contributed by atoms with E-state index in [-0.39, 0.29) is 5.97 Å². The molecule has 1 aliphatic rings. The number of nitrogens with zero attached hydrogens (tertiary/aromatic N) is 1. The van der Waals surface area contributed by atoms with Crippen LogP contribution in [-0.2, 0) is 17.6 Å². The first kappa shape index (κ1) is 14.1. The highest BCUT2D eigenvalue weighted by atomic mass is 32.1. The molecule has 1 aromatic heterocycles. The maximum atomic E-state index is 12.0. The summed E-state index contributed by atoms with van der Waals surface area (Å²) >= 11 is 1.53. The van der Waals surface area contributed by atoms with Crippen LogP contribution in [-0.4, -0.2) is 37.1 Å². The zero-order valence-corrected chi connectivity index (χ0v) is 12.1. The smallest absolute Gasteiger partial charge is 0.341 e. The molecule has 0 unspecified atom stereocenters. The molecular weight excluding hydrogens is 260 g/mol. The van der Waals surface area contributed by atoms with Crippen molar-refractivity contribution in [2.24, 2.45) is 0 Å². The molecule has 5 heteroatoms. The number of thiophene rings is 1. The van der Waals surface area contributed by atoms with Crippen molar-refractivity contribution in [2.75, 3.05) is 32.0 Å². The van der Waals surface area contributed by atoms with E-state index in [1.807, 2.05) is 13.0 Å². The second-order valence-electron chi connectivity index (χ2n) is 4.55. The Hall–Kier alpha value is -1.33. The number of fused-ring (bicyclic) bond motifs is 1. The minimum Gasteiger partial charge on any atom is -0.462 e. The van der Waals surface area contributed by atoms with Crippen LogP contribution in [0.25, 0.3) is 0 Å². The van der Waals surface area contributed by atoms with E-state index in [9.17, 15) is 4.79 Å². The molecule has 0 spiro atoms. The van der Waals surface area contributed by atoms with E-state index < -0.39 is 0 Å². The zero-order chi connectivity index (χ0) is 13.8. The Labute approximate surface area is 117 Å². The summed E-state index contributed by atoms with van der Waals surface area (Å²) in [6.45, 7) is 8.77. The van der Waals surface area contributed by atoms with Crippen molar-refractivity contribution >= 4 is 22.3 Å². The van der Waals surface area contributed by atoms with Gasteiger partial charge in [0.05, 0.1) is 12.2 Å². The van der Waals surface area contributed by atoms with E-state index in [0.29, 0.717) is 17.2 Å². The van der Waals surface area contributed by atoms with Gasteiger partial charge in [-0.25, -0.2) is 4.79 Å². The number of nitrogen functional groups attached to an aromatic ring is 1. The molecule has 0 amide bonds. The number of hydrogen-bond donors (Lipinski definition) is 1. The van der Waals surface area contributed by atoms with Gasteiger partial charge in [0.2, 0.25) is 0 Å². The molecule has 0 fully saturated rings. The van der Waals surface area contributed by atoms with Crippen LogP contribution in [0.3, 0.4) is 0 Å². The highest BCUT2D eigenvalue weighted by molar-refractivity contribution is 7.16. The second-order valence-corrected chi connectivity index (χ2v) is 5.69. The number of nitrogens with two attached hydrogens (primary N) is 1. The maximum absolute atomic E-state index is 12.0. The summed E-state index contributed by atoms with van der Waals surface area (Å²) in [7, 11) is 0. The predicted molar refractivity (Wildman–Crippen MR) is 78.7 cm³/mol. The summed E-state index contributed by atoms with van der Waals surface area (Å²) in [5, 5.41) is 0.598. The topological polar surface area (TPSA) is 55.6 Å². The third kappa shape index (κ3) is 2.98. The average molecular weight is 280 g/mol. The van der Waals surface area contributed by atoms with E-state index in [0.717, 1.165) is 38.0 Å². The fourth-order valence-electron chi connectivity index (χ4n) is 2.43. The molecule has 1 aromatic rings. The third-order valence-electron chi connectivity index (χ3n) is 3.32. The highest BCUT2D eigenvalue weighted by Gasteiger charge is 2.25. The molecule has 2 N–H and O–H groups in total. The van der Waals surface area contributed by atoms with Gasteiger partial charge < -0.3 is 10.5 Å². The number of carbonyl (C=O) groups excluding carboxylic acids is 1. The Bertz CT molecular complexity index is 482. The molecule has 0 atom stereocenters. The lowest BCUT2D eigenvalue weighted by atomic mass is 10.1. The number of esters is 1. The van der Waals surface area contributed by atoms with Crippen molar-refractivity contribution in [3.05, 3.63) is 28.7 Å². The quantitative estimate of drug-likeness (QED) is 0.678. The first-order valence-electron chi connectivity index (χ1n) is 6.57. The lowest BCUT2D eigenvalue weighted by molar-refractivity contribution is 0.0527. The van der Waals surface area contributed by atoms with Gasteiger partial charge in [-0.15, -0.1) is 17.9 Å². The molecule has 0 aliphatic carbocycles. The summed E-state index contributed by atoms with van der Waals surface area (Å²) in [5.41, 5.74) is 7.67. The Balaban J connectivity index is 2.23. The van der Waals surface area contributed by atoms with Crippen LogP contribution < -0.4 is 5.73 Å². The largest absolute Gasteiger partial charge is 0.462 e. The predicted octanol–water partition coefficient (Wildman–Crippen LogP) is 2.09. The van der Waals surface area contributed by atoms with Gasteiger partial charge in [0.15, 0.2) is 0 Å². The molecule has 0 saturated carbocycles. The van der Waals surface area contributed by atoms with Crippen molar-refractivity contribution in [1.82, 2.24) is 4.90 Å². The van der Waals surface area contributed by atoms with E-state index in [1.165, 1.54) is 16.2 Å². The van der Waals surface area contributed by atoms with Gasteiger partial charge >= 0.3 is 5.97 Å². The molecule has 0 aromatic carbocycles. The second kappa shape index (κ2) is 6.21. The minimum absolute atomic E-state index is 0.283. The van der Waals surface area contributed by atoms with Crippen LogP contribution in [0, 0.1) is 0 Å². The van der Waals surface area contributed by atoms with E-state index in [4.69, 9.17) is 10.5 Å². The van der Waals surface area contributed by atoms with Crippen LogP contribution in [0.4, 0.5) is 5.00 Å². The van der Waals surface area contributed by atoms with Crippen LogP contribution in [0.2, 0.25) is 0 Å². The van der Waals surface area contributed by atoms with Crippen LogP contribution >= 0.6 is 11.3 Å². The molecule has 2 heterocycles. The number of ether oxygens (including phenoxy) is 1. The number of anilines is 1. The average Bonchev–Trinajstić information content (AvgIpc) is 2.57. The molecule has 0 radical (unpaired) electrons. The van der Waals surface area contributed by atoms with Gasteiger partial charge in [0.25, 0.3) is 0 Å². The number of carbonyl (C=O) groups is 1. The Morgan fingerprint density at radius 2 is 2.26 bits per heavy atom. The Kier molecular flexibility index (Phi) is 4.61.